The Hall–Kier alpha value is -3.43. The van der Waals surface area contributed by atoms with Crippen LogP contribution in [-0.4, -0.2) is 57.9 Å². The summed E-state index contributed by atoms with van der Waals surface area (Å²) in [5.41, 5.74) is 2.83. The summed E-state index contributed by atoms with van der Waals surface area (Å²) < 4.78 is 9.76. The molecule has 0 fully saturated rings. The largest absolute Gasteiger partial charge is 0.497 e. The molecule has 8 nitrogen and oxygen atoms in total. The number of methoxy groups -OCH3 is 1. The van der Waals surface area contributed by atoms with Gasteiger partial charge in [-0.05, 0) is 74.8 Å². The number of hydrogen-bond acceptors (Lipinski definition) is 5. The van der Waals surface area contributed by atoms with Gasteiger partial charge in [-0.25, -0.2) is 0 Å². The summed E-state index contributed by atoms with van der Waals surface area (Å²) in [6, 6.07) is 15.6. The van der Waals surface area contributed by atoms with Crippen molar-refractivity contribution in [3.05, 3.63) is 59.5 Å². The van der Waals surface area contributed by atoms with Crippen molar-refractivity contribution in [1.29, 1.82) is 0 Å². The third-order valence-corrected chi connectivity index (χ3v) is 5.82. The highest BCUT2D eigenvalue weighted by atomic mass is 32.1. The van der Waals surface area contributed by atoms with E-state index in [4.69, 9.17) is 17.0 Å². The van der Waals surface area contributed by atoms with Gasteiger partial charge in [0.05, 0.1) is 7.11 Å². The molecule has 2 N–H and O–H groups in total. The Kier molecular flexibility index (Phi) is 6.90. The number of aromatic nitrogens is 4. The Labute approximate surface area is 197 Å². The molecule has 33 heavy (non-hydrogen) atoms. The third kappa shape index (κ3) is 5.32. The monoisotopic (exact) mass is 464 g/mol. The third-order valence-electron chi connectivity index (χ3n) is 5.51. The van der Waals surface area contributed by atoms with Gasteiger partial charge in [-0.1, -0.05) is 0 Å². The molecule has 0 bridgehead atoms. The molecule has 0 aliphatic rings. The van der Waals surface area contributed by atoms with Crippen LogP contribution in [0.5, 0.6) is 5.75 Å². The lowest BCUT2D eigenvalue weighted by atomic mass is 10.2. The number of anilines is 1. The predicted octanol–water partition coefficient (Wildman–Crippen LogP) is 4.16. The lowest BCUT2D eigenvalue weighted by Gasteiger charge is -2.12. The van der Waals surface area contributed by atoms with E-state index in [0.29, 0.717) is 17.1 Å². The fraction of sp³-hybridized carbons (Fsp3) is 0.292. The molecule has 0 spiro atoms. The first kappa shape index (κ1) is 22.8. The van der Waals surface area contributed by atoms with Crippen molar-refractivity contribution >= 4 is 34.7 Å². The Morgan fingerprint density at radius 1 is 1.15 bits per heavy atom. The molecule has 2 heterocycles. The number of nitrogens with zero attached hydrogens (tertiary/aromatic N) is 4. The molecule has 0 saturated heterocycles. The number of carbonyl (C=O) groups excluding carboxylic acids is 1. The molecule has 4 aromatic rings. The van der Waals surface area contributed by atoms with E-state index in [9.17, 15) is 4.79 Å². The van der Waals surface area contributed by atoms with E-state index < -0.39 is 0 Å². The predicted molar refractivity (Wildman–Crippen MR) is 133 cm³/mol. The standard InChI is InChI=1S/C24H28N6O2S/c1-28(2)14-15-29-12-10-18-16-19(6-9-21(18)29)25-22(31)11-13-30-23(26-27-24(30)33)17-4-7-20(32-3)8-5-17/h4-10,12,16H,11,13-15H2,1-3H3,(H,25,31)(H,27,33). The van der Waals surface area contributed by atoms with Crippen molar-refractivity contribution < 1.29 is 9.53 Å². The van der Waals surface area contributed by atoms with E-state index in [1.807, 2.05) is 41.0 Å². The van der Waals surface area contributed by atoms with Crippen molar-refractivity contribution in [2.45, 2.75) is 19.5 Å². The number of rotatable bonds is 9. The van der Waals surface area contributed by atoms with Crippen LogP contribution in [0.15, 0.2) is 54.7 Å². The summed E-state index contributed by atoms with van der Waals surface area (Å²) in [6.45, 7) is 2.31. The number of ether oxygens (including phenoxy) is 1. The van der Waals surface area contributed by atoms with E-state index in [1.54, 1.807) is 7.11 Å². The number of hydrogen-bond donors (Lipinski definition) is 2. The molecule has 9 heteroatoms. The number of fused-ring (bicyclic) bond motifs is 1. The summed E-state index contributed by atoms with van der Waals surface area (Å²) in [7, 11) is 5.76. The van der Waals surface area contributed by atoms with Crippen LogP contribution in [0, 0.1) is 4.77 Å². The van der Waals surface area contributed by atoms with Gasteiger partial charge in [0.2, 0.25) is 5.91 Å². The summed E-state index contributed by atoms with van der Waals surface area (Å²) in [5, 5.41) is 11.3. The Morgan fingerprint density at radius 2 is 1.94 bits per heavy atom. The number of nitrogens with one attached hydrogen (secondary N) is 2. The SMILES string of the molecule is COc1ccc(-c2n[nH]c(=S)n2CCC(=O)Nc2ccc3c(ccn3CCN(C)C)c2)cc1. The summed E-state index contributed by atoms with van der Waals surface area (Å²) in [5.74, 6) is 1.38. The minimum atomic E-state index is -0.0785. The lowest BCUT2D eigenvalue weighted by Crippen LogP contribution is -2.17. The van der Waals surface area contributed by atoms with Crippen LogP contribution in [0.2, 0.25) is 0 Å². The van der Waals surface area contributed by atoms with Gasteiger partial charge in [0.25, 0.3) is 0 Å². The second kappa shape index (κ2) is 10.0. The highest BCUT2D eigenvalue weighted by Gasteiger charge is 2.12. The van der Waals surface area contributed by atoms with E-state index >= 15 is 0 Å². The van der Waals surface area contributed by atoms with Crippen LogP contribution in [0.1, 0.15) is 6.42 Å². The summed E-state index contributed by atoms with van der Waals surface area (Å²) in [4.78, 5) is 14.8. The molecular weight excluding hydrogens is 436 g/mol. The zero-order chi connectivity index (χ0) is 23.4. The average Bonchev–Trinajstić information content (AvgIpc) is 3.39. The van der Waals surface area contributed by atoms with Crippen molar-refractivity contribution in [3.8, 4) is 17.1 Å². The average molecular weight is 465 g/mol. The van der Waals surface area contributed by atoms with Crippen LogP contribution in [0.4, 0.5) is 5.69 Å². The molecular formula is C24H28N6O2S. The lowest BCUT2D eigenvalue weighted by molar-refractivity contribution is -0.116. The maximum absolute atomic E-state index is 12.7. The van der Waals surface area contributed by atoms with Gasteiger partial charge in [0.15, 0.2) is 10.6 Å². The first-order chi connectivity index (χ1) is 15.9. The topological polar surface area (TPSA) is 80.1 Å². The highest BCUT2D eigenvalue weighted by molar-refractivity contribution is 7.71. The Balaban J connectivity index is 1.41. The fourth-order valence-corrected chi connectivity index (χ4v) is 3.93. The molecule has 0 saturated carbocycles. The van der Waals surface area contributed by atoms with E-state index in [2.05, 4.69) is 57.4 Å². The second-order valence-electron chi connectivity index (χ2n) is 8.12. The number of H-pyrrole nitrogens is 1. The van der Waals surface area contributed by atoms with Gasteiger partial charge in [-0.3, -0.25) is 14.5 Å². The zero-order valence-electron chi connectivity index (χ0n) is 19.0. The molecule has 1 amide bonds. The van der Waals surface area contributed by atoms with Crippen LogP contribution in [0.3, 0.4) is 0 Å². The molecule has 0 unspecified atom stereocenters. The fourth-order valence-electron chi connectivity index (χ4n) is 3.70. The normalized spacial score (nSPS) is 11.3. The van der Waals surface area contributed by atoms with E-state index in [1.165, 1.54) is 0 Å². The Morgan fingerprint density at radius 3 is 2.67 bits per heavy atom. The number of aromatic amines is 1. The smallest absolute Gasteiger partial charge is 0.226 e. The van der Waals surface area contributed by atoms with Gasteiger partial charge in [0, 0.05) is 54.4 Å². The van der Waals surface area contributed by atoms with Gasteiger partial charge in [-0.15, -0.1) is 0 Å². The minimum absolute atomic E-state index is 0.0785. The molecule has 2 aromatic heterocycles. The van der Waals surface area contributed by atoms with Crippen molar-refractivity contribution in [2.24, 2.45) is 0 Å². The summed E-state index contributed by atoms with van der Waals surface area (Å²) >= 11 is 5.38. The molecule has 0 atom stereocenters. The maximum atomic E-state index is 12.7. The van der Waals surface area contributed by atoms with E-state index in [-0.39, 0.29) is 12.3 Å². The molecule has 0 radical (unpaired) electrons. The van der Waals surface area contributed by atoms with Crippen molar-refractivity contribution in [2.75, 3.05) is 33.1 Å². The van der Waals surface area contributed by atoms with Gasteiger partial charge in [-0.2, -0.15) is 5.10 Å². The second-order valence-corrected chi connectivity index (χ2v) is 8.50. The van der Waals surface area contributed by atoms with Gasteiger partial charge >= 0.3 is 0 Å². The van der Waals surface area contributed by atoms with Crippen molar-refractivity contribution in [3.63, 3.8) is 0 Å². The first-order valence-electron chi connectivity index (χ1n) is 10.8. The number of amides is 1. The Bertz CT molecular complexity index is 1300. The summed E-state index contributed by atoms with van der Waals surface area (Å²) in [6.07, 6.45) is 2.36. The van der Waals surface area contributed by atoms with Crippen LogP contribution < -0.4 is 10.1 Å². The minimum Gasteiger partial charge on any atom is -0.497 e. The number of likely N-dealkylation sites (N-methyl/N-ethyl adjacent to an activating group) is 1. The van der Waals surface area contributed by atoms with E-state index in [0.717, 1.165) is 41.0 Å². The van der Waals surface area contributed by atoms with Crippen molar-refractivity contribution in [1.82, 2.24) is 24.2 Å². The van der Waals surface area contributed by atoms with Crippen LogP contribution in [-0.2, 0) is 17.9 Å². The van der Waals surface area contributed by atoms with Crippen LogP contribution >= 0.6 is 12.2 Å². The van der Waals surface area contributed by atoms with Crippen LogP contribution in [0.25, 0.3) is 22.3 Å². The van der Waals surface area contributed by atoms with Gasteiger partial charge in [0.1, 0.15) is 5.75 Å². The first-order valence-corrected chi connectivity index (χ1v) is 11.2. The molecule has 0 aliphatic carbocycles. The molecule has 0 aliphatic heterocycles. The molecule has 4 rings (SSSR count). The molecule has 172 valence electrons. The molecule has 2 aromatic carbocycles. The highest BCUT2D eigenvalue weighted by Crippen LogP contribution is 2.22. The number of carbonyl (C=O) groups is 1. The zero-order valence-corrected chi connectivity index (χ0v) is 19.9. The quantitative estimate of drug-likeness (QED) is 0.364. The number of benzene rings is 2. The van der Waals surface area contributed by atoms with Gasteiger partial charge < -0.3 is 19.5 Å². The maximum Gasteiger partial charge on any atom is 0.226 e.